The fraction of sp³-hybridized carbons (Fsp3) is 0.167. The number of nitrogens with zero attached hydrogens (tertiary/aromatic N) is 5. The summed E-state index contributed by atoms with van der Waals surface area (Å²) < 4.78 is 34.5. The smallest absolute Gasteiger partial charge is 0.387 e. The van der Waals surface area contributed by atoms with Crippen LogP contribution in [0.2, 0.25) is 0 Å². The number of carbonyl (C=O) groups excluding carboxylic acids is 1. The van der Waals surface area contributed by atoms with Gasteiger partial charge in [-0.15, -0.1) is 4.85 Å². The molecule has 0 radical (unpaired) electrons. The van der Waals surface area contributed by atoms with Crippen molar-refractivity contribution in [3.8, 4) is 11.6 Å². The minimum Gasteiger partial charge on any atom is -0.471 e. The van der Waals surface area contributed by atoms with Crippen molar-refractivity contribution in [3.05, 3.63) is 52.0 Å². The maximum absolute atomic E-state index is 12.5. The van der Waals surface area contributed by atoms with Gasteiger partial charge in [-0.1, -0.05) is 17.2 Å². The highest BCUT2D eigenvalue weighted by atomic mass is 19.3. The Morgan fingerprint density at radius 1 is 1.48 bits per heavy atom. The van der Waals surface area contributed by atoms with Crippen LogP contribution >= 0.6 is 0 Å². The van der Waals surface area contributed by atoms with Crippen LogP contribution in [0.5, 0.6) is 11.6 Å². The number of ether oxygens (including phenoxy) is 2. The summed E-state index contributed by atoms with van der Waals surface area (Å²) in [5.41, 5.74) is 8.14. The lowest BCUT2D eigenvalue weighted by Crippen LogP contribution is -2.10. The Morgan fingerprint density at radius 3 is 2.87 bits per heavy atom. The van der Waals surface area contributed by atoms with E-state index in [-0.39, 0.29) is 29.4 Å². The molecule has 0 atom stereocenters. The second-order valence-corrected chi connectivity index (χ2v) is 4.02. The third-order valence-corrected chi connectivity index (χ3v) is 2.63. The molecular weight excluding hydrogens is 316 g/mol. The van der Waals surface area contributed by atoms with Gasteiger partial charge in [-0.25, -0.2) is 0 Å². The van der Waals surface area contributed by atoms with Gasteiger partial charge in [-0.2, -0.15) is 8.78 Å². The van der Waals surface area contributed by atoms with Crippen LogP contribution in [0.25, 0.3) is 10.4 Å². The fourth-order valence-electron chi connectivity index (χ4n) is 1.74. The first-order valence-electron chi connectivity index (χ1n) is 6.05. The third-order valence-electron chi connectivity index (χ3n) is 2.63. The van der Waals surface area contributed by atoms with Gasteiger partial charge in [0.25, 0.3) is 0 Å². The van der Waals surface area contributed by atoms with Gasteiger partial charge < -0.3 is 14.7 Å². The molecule has 0 aliphatic carbocycles. The lowest BCUT2D eigenvalue weighted by atomic mass is 10.1. The molecule has 0 fully saturated rings. The molecule has 1 aromatic carbocycles. The molecule has 0 aliphatic heterocycles. The number of carbonyl (C=O) groups is 1. The number of halogens is 2. The number of aromatic nitrogens is 2. The Balaban J connectivity index is 2.34. The normalized spacial score (nSPS) is 10.2. The molecule has 0 aliphatic rings. The van der Waals surface area contributed by atoms with Gasteiger partial charge in [0.2, 0.25) is 11.8 Å². The van der Waals surface area contributed by atoms with E-state index >= 15 is 0 Å². The van der Waals surface area contributed by atoms with Crippen molar-refractivity contribution in [2.24, 2.45) is 5.11 Å². The molecule has 0 saturated carbocycles. The minimum absolute atomic E-state index is 0.0125. The predicted molar refractivity (Wildman–Crippen MR) is 70.3 cm³/mol. The average Bonchev–Trinajstić information content (AvgIpc) is 2.91. The fourth-order valence-corrected chi connectivity index (χ4v) is 1.74. The quantitative estimate of drug-likeness (QED) is 0.378. The van der Waals surface area contributed by atoms with E-state index in [4.69, 9.17) is 15.5 Å². The van der Waals surface area contributed by atoms with E-state index in [0.29, 0.717) is 4.85 Å². The lowest BCUT2D eigenvalue weighted by molar-refractivity contribution is -0.0509. The topological polar surface area (TPSA) is 122 Å². The largest absolute Gasteiger partial charge is 0.471 e. The number of hydrogen-bond acceptors (Lipinski definition) is 5. The van der Waals surface area contributed by atoms with Gasteiger partial charge in [-0.05, 0) is 16.7 Å². The zero-order valence-electron chi connectivity index (χ0n) is 11.3. The number of hydrogen-bond donors (Lipinski definition) is 1. The Morgan fingerprint density at radius 2 is 2.26 bits per heavy atom. The molecule has 0 spiro atoms. The van der Waals surface area contributed by atoms with E-state index in [1.54, 1.807) is 0 Å². The molecule has 120 valence electrons. The highest BCUT2D eigenvalue weighted by Gasteiger charge is 2.18. The molecule has 0 bridgehead atoms. The van der Waals surface area contributed by atoms with Crippen molar-refractivity contribution in [2.45, 2.75) is 13.2 Å². The summed E-state index contributed by atoms with van der Waals surface area (Å²) >= 11 is 0. The first kappa shape index (κ1) is 16.0. The van der Waals surface area contributed by atoms with E-state index in [1.807, 2.05) is 0 Å². The highest BCUT2D eigenvalue weighted by molar-refractivity contribution is 5.96. The van der Waals surface area contributed by atoms with Gasteiger partial charge in [0.15, 0.2) is 0 Å². The molecule has 2 rings (SSSR count). The van der Waals surface area contributed by atoms with E-state index < -0.39 is 12.5 Å². The Bertz CT molecular complexity index is 758. The predicted octanol–water partition coefficient (Wildman–Crippen LogP) is 2.75. The molecule has 23 heavy (non-hydrogen) atoms. The van der Waals surface area contributed by atoms with Crippen molar-refractivity contribution in [1.29, 1.82) is 0 Å². The van der Waals surface area contributed by atoms with E-state index in [9.17, 15) is 13.6 Å². The maximum Gasteiger partial charge on any atom is 0.387 e. The number of azide groups is 1. The molecule has 1 heterocycles. The standard InChI is InChI=1S/C12H9F2N5O4/c13-12(14)23-9-3-1-2-7(11(20)16-18-15)8(9)6-22-10-4-5-19(21)17-10/h1-5,12,21H,6H2. The number of amides is 1. The summed E-state index contributed by atoms with van der Waals surface area (Å²) in [5.74, 6) is -1.29. The average molecular weight is 325 g/mol. The maximum atomic E-state index is 12.5. The van der Waals surface area contributed by atoms with Crippen molar-refractivity contribution in [2.75, 3.05) is 0 Å². The van der Waals surface area contributed by atoms with Crippen LogP contribution < -0.4 is 9.47 Å². The zero-order chi connectivity index (χ0) is 16.8. The van der Waals surface area contributed by atoms with Crippen molar-refractivity contribution < 1.29 is 28.3 Å². The first-order valence-corrected chi connectivity index (χ1v) is 6.05. The summed E-state index contributed by atoms with van der Waals surface area (Å²) in [6.07, 6.45) is 1.18. The monoisotopic (exact) mass is 325 g/mol. The Hall–Kier alpha value is -3.33. The molecule has 0 unspecified atom stereocenters. The van der Waals surface area contributed by atoms with Crippen LogP contribution in [0.15, 0.2) is 35.6 Å². The van der Waals surface area contributed by atoms with Crippen LogP contribution in [0.4, 0.5) is 8.78 Å². The molecule has 1 amide bonds. The number of alkyl halides is 2. The number of rotatable bonds is 6. The first-order chi connectivity index (χ1) is 11.0. The van der Waals surface area contributed by atoms with Crippen LogP contribution in [0.3, 0.4) is 0 Å². The summed E-state index contributed by atoms with van der Waals surface area (Å²) in [5, 5.41) is 15.5. The second kappa shape index (κ2) is 7.09. The summed E-state index contributed by atoms with van der Waals surface area (Å²) in [6.45, 7) is -3.49. The SMILES string of the molecule is [N-]=[N+]=NC(=O)c1cccc(OC(F)F)c1COc1ccn(O)n1. The van der Waals surface area contributed by atoms with Crippen LogP contribution in [0, 0.1) is 0 Å². The van der Waals surface area contributed by atoms with Gasteiger partial charge in [0.1, 0.15) is 12.4 Å². The lowest BCUT2D eigenvalue weighted by Gasteiger charge is -2.13. The van der Waals surface area contributed by atoms with Crippen LogP contribution in [0.1, 0.15) is 15.9 Å². The van der Waals surface area contributed by atoms with Gasteiger partial charge in [-0.3, -0.25) is 4.79 Å². The van der Waals surface area contributed by atoms with Crippen LogP contribution in [-0.2, 0) is 6.61 Å². The molecular formula is C12H9F2N5O4. The van der Waals surface area contributed by atoms with Gasteiger partial charge in [0.05, 0.1) is 6.20 Å². The summed E-state index contributed by atoms with van der Waals surface area (Å²) in [4.78, 5) is 14.6. The molecule has 1 N–H and O–H groups in total. The minimum atomic E-state index is -3.12. The summed E-state index contributed by atoms with van der Waals surface area (Å²) in [6, 6.07) is 5.09. The van der Waals surface area contributed by atoms with Crippen molar-refractivity contribution >= 4 is 5.91 Å². The van der Waals surface area contributed by atoms with E-state index in [2.05, 4.69) is 19.9 Å². The molecule has 0 saturated heterocycles. The van der Waals surface area contributed by atoms with Crippen molar-refractivity contribution in [3.63, 3.8) is 0 Å². The third kappa shape index (κ3) is 4.08. The van der Waals surface area contributed by atoms with Gasteiger partial charge in [0, 0.05) is 22.1 Å². The number of benzene rings is 1. The molecule has 9 nitrogen and oxygen atoms in total. The van der Waals surface area contributed by atoms with Crippen molar-refractivity contribution in [1.82, 2.24) is 9.94 Å². The van der Waals surface area contributed by atoms with E-state index in [1.165, 1.54) is 30.5 Å². The zero-order valence-corrected chi connectivity index (χ0v) is 11.3. The second-order valence-electron chi connectivity index (χ2n) is 4.02. The molecule has 11 heteroatoms. The highest BCUT2D eigenvalue weighted by Crippen LogP contribution is 2.26. The Labute approximate surface area is 127 Å². The van der Waals surface area contributed by atoms with Crippen LogP contribution in [-0.4, -0.2) is 27.7 Å². The summed E-state index contributed by atoms with van der Waals surface area (Å²) in [7, 11) is 0. The van der Waals surface area contributed by atoms with E-state index in [0.717, 1.165) is 0 Å². The van der Waals surface area contributed by atoms with Gasteiger partial charge >= 0.3 is 6.61 Å². The molecule has 1 aromatic heterocycles. The molecule has 2 aromatic rings. The Kier molecular flexibility index (Phi) is 4.95.